The van der Waals surface area contributed by atoms with Crippen molar-refractivity contribution in [3.05, 3.63) is 28.2 Å². The molecule has 0 saturated carbocycles. The molecule has 18 heavy (non-hydrogen) atoms. The van der Waals surface area contributed by atoms with Gasteiger partial charge in [0, 0.05) is 23.5 Å². The van der Waals surface area contributed by atoms with Crippen molar-refractivity contribution >= 4 is 37.8 Å². The number of carbonyl (C=O) groups excluding carboxylic acids is 1. The summed E-state index contributed by atoms with van der Waals surface area (Å²) in [5.74, 6) is 0.838. The molecule has 5 heteroatoms. The molecule has 0 spiro atoms. The molecule has 0 aliphatic carbocycles. The number of hydrogen-bond acceptors (Lipinski definition) is 2. The summed E-state index contributed by atoms with van der Waals surface area (Å²) in [6.07, 6.45) is 2.16. The van der Waals surface area contributed by atoms with Gasteiger partial charge in [0.05, 0.1) is 11.6 Å². The first-order valence-electron chi connectivity index (χ1n) is 5.88. The Labute approximate surface area is 124 Å². The summed E-state index contributed by atoms with van der Waals surface area (Å²) in [6.45, 7) is 0.846. The maximum atomic E-state index is 12.4. The van der Waals surface area contributed by atoms with E-state index in [0.29, 0.717) is 11.6 Å². The third kappa shape index (κ3) is 2.72. The van der Waals surface area contributed by atoms with Crippen molar-refractivity contribution in [2.45, 2.75) is 18.9 Å². The number of ether oxygens (including phenoxy) is 1. The number of benzene rings is 1. The van der Waals surface area contributed by atoms with Crippen LogP contribution in [0.1, 0.15) is 23.2 Å². The molecule has 3 nitrogen and oxygen atoms in total. The number of alkyl halides is 1. The number of carbonyl (C=O) groups is 1. The molecule has 1 aromatic rings. The molecule has 1 heterocycles. The van der Waals surface area contributed by atoms with Crippen molar-refractivity contribution in [1.82, 2.24) is 4.90 Å². The number of halogens is 2. The Kier molecular flexibility index (Phi) is 4.67. The molecule has 0 radical (unpaired) electrons. The standard InChI is InChI=1S/C13H15Br2NO2/c1-18-12-5-4-9(7-11(12)15)13(17)16-6-2-3-10(16)8-14/h4-5,7,10H,2-3,6,8H2,1H3. The quantitative estimate of drug-likeness (QED) is 0.756. The van der Waals surface area contributed by atoms with Gasteiger partial charge >= 0.3 is 0 Å². The molecular weight excluding hydrogens is 362 g/mol. The van der Waals surface area contributed by atoms with Crippen LogP contribution in [0.5, 0.6) is 5.75 Å². The van der Waals surface area contributed by atoms with E-state index in [4.69, 9.17) is 4.74 Å². The fraction of sp³-hybridized carbons (Fsp3) is 0.462. The van der Waals surface area contributed by atoms with Crippen LogP contribution in [-0.2, 0) is 0 Å². The summed E-state index contributed by atoms with van der Waals surface area (Å²) in [4.78, 5) is 14.4. The van der Waals surface area contributed by atoms with Crippen molar-refractivity contribution in [3.63, 3.8) is 0 Å². The first-order chi connectivity index (χ1) is 8.67. The molecule has 0 N–H and O–H groups in total. The number of likely N-dealkylation sites (tertiary alicyclic amines) is 1. The van der Waals surface area contributed by atoms with Crippen molar-refractivity contribution < 1.29 is 9.53 Å². The molecule has 1 aromatic carbocycles. The molecule has 0 bridgehead atoms. The molecule has 98 valence electrons. The lowest BCUT2D eigenvalue weighted by molar-refractivity contribution is 0.0750. The summed E-state index contributed by atoms with van der Waals surface area (Å²) in [6, 6.07) is 5.77. The Morgan fingerprint density at radius 3 is 2.94 bits per heavy atom. The second kappa shape index (κ2) is 6.06. The van der Waals surface area contributed by atoms with E-state index in [1.165, 1.54) is 0 Å². The fourth-order valence-corrected chi connectivity index (χ4v) is 3.44. The molecular formula is C13H15Br2NO2. The highest BCUT2D eigenvalue weighted by molar-refractivity contribution is 9.10. The minimum Gasteiger partial charge on any atom is -0.496 e. The molecule has 1 fully saturated rings. The maximum Gasteiger partial charge on any atom is 0.254 e. The van der Waals surface area contributed by atoms with Crippen molar-refractivity contribution in [1.29, 1.82) is 0 Å². The molecule has 2 rings (SSSR count). The van der Waals surface area contributed by atoms with Gasteiger partial charge < -0.3 is 9.64 Å². The largest absolute Gasteiger partial charge is 0.496 e. The van der Waals surface area contributed by atoms with Gasteiger partial charge in [0.15, 0.2) is 0 Å². The van der Waals surface area contributed by atoms with E-state index in [9.17, 15) is 4.79 Å². The minimum atomic E-state index is 0.0975. The van der Waals surface area contributed by atoms with Crippen molar-refractivity contribution in [3.8, 4) is 5.75 Å². The summed E-state index contributed by atoms with van der Waals surface area (Å²) >= 11 is 6.88. The second-order valence-electron chi connectivity index (χ2n) is 4.30. The highest BCUT2D eigenvalue weighted by Crippen LogP contribution is 2.28. The molecule has 1 saturated heterocycles. The van der Waals surface area contributed by atoms with Crippen LogP contribution < -0.4 is 4.74 Å². The average Bonchev–Trinajstić information content (AvgIpc) is 2.86. The zero-order chi connectivity index (χ0) is 13.1. The summed E-state index contributed by atoms with van der Waals surface area (Å²) in [5.41, 5.74) is 0.704. The van der Waals surface area contributed by atoms with E-state index in [2.05, 4.69) is 31.9 Å². The van der Waals surface area contributed by atoms with Crippen molar-refractivity contribution in [2.24, 2.45) is 0 Å². The second-order valence-corrected chi connectivity index (χ2v) is 5.80. The lowest BCUT2D eigenvalue weighted by atomic mass is 10.1. The highest BCUT2D eigenvalue weighted by Gasteiger charge is 2.28. The Balaban J connectivity index is 2.21. The Morgan fingerprint density at radius 2 is 2.33 bits per heavy atom. The van der Waals surface area contributed by atoms with E-state index in [1.807, 2.05) is 23.1 Å². The first kappa shape index (κ1) is 13.9. The number of rotatable bonds is 3. The molecule has 0 aromatic heterocycles. The zero-order valence-corrected chi connectivity index (χ0v) is 13.3. The van der Waals surface area contributed by atoms with Gasteiger partial charge in [0.1, 0.15) is 5.75 Å². The van der Waals surface area contributed by atoms with E-state index in [1.54, 1.807) is 7.11 Å². The van der Waals surface area contributed by atoms with Crippen LogP contribution >= 0.6 is 31.9 Å². The van der Waals surface area contributed by atoms with E-state index in [-0.39, 0.29) is 5.91 Å². The maximum absolute atomic E-state index is 12.4. The van der Waals surface area contributed by atoms with Crippen LogP contribution in [0.15, 0.2) is 22.7 Å². The van der Waals surface area contributed by atoms with Gasteiger partial charge in [-0.25, -0.2) is 0 Å². The molecule has 1 unspecified atom stereocenters. The first-order valence-corrected chi connectivity index (χ1v) is 7.79. The topological polar surface area (TPSA) is 29.5 Å². The van der Waals surface area contributed by atoms with E-state index < -0.39 is 0 Å². The average molecular weight is 377 g/mol. The predicted octanol–water partition coefficient (Wildman–Crippen LogP) is 3.46. The van der Waals surface area contributed by atoms with Gasteiger partial charge in [-0.3, -0.25) is 4.79 Å². The van der Waals surface area contributed by atoms with E-state index >= 15 is 0 Å². The van der Waals surface area contributed by atoms with Crippen LogP contribution in [0.2, 0.25) is 0 Å². The van der Waals surface area contributed by atoms with Gasteiger partial charge in [0.2, 0.25) is 0 Å². The van der Waals surface area contributed by atoms with Gasteiger partial charge in [-0.2, -0.15) is 0 Å². The Morgan fingerprint density at radius 1 is 1.56 bits per heavy atom. The molecule has 1 amide bonds. The van der Waals surface area contributed by atoms with Crippen LogP contribution in [0, 0.1) is 0 Å². The number of nitrogens with zero attached hydrogens (tertiary/aromatic N) is 1. The summed E-state index contributed by atoms with van der Waals surface area (Å²) in [5, 5.41) is 0.843. The van der Waals surface area contributed by atoms with Crippen LogP contribution in [0.4, 0.5) is 0 Å². The smallest absolute Gasteiger partial charge is 0.254 e. The lowest BCUT2D eigenvalue weighted by Gasteiger charge is -2.23. The molecule has 1 aliphatic heterocycles. The predicted molar refractivity (Wildman–Crippen MR) is 78.5 cm³/mol. The minimum absolute atomic E-state index is 0.0975. The SMILES string of the molecule is COc1ccc(C(=O)N2CCCC2CBr)cc1Br. The molecule has 1 atom stereocenters. The van der Waals surface area contributed by atoms with Gasteiger partial charge in [0.25, 0.3) is 5.91 Å². The molecule has 1 aliphatic rings. The Hall–Kier alpha value is -0.550. The van der Waals surface area contributed by atoms with Crippen LogP contribution in [-0.4, -0.2) is 35.8 Å². The van der Waals surface area contributed by atoms with Crippen LogP contribution in [0.3, 0.4) is 0 Å². The highest BCUT2D eigenvalue weighted by atomic mass is 79.9. The van der Waals surface area contributed by atoms with Gasteiger partial charge in [-0.1, -0.05) is 15.9 Å². The number of methoxy groups -OCH3 is 1. The lowest BCUT2D eigenvalue weighted by Crippen LogP contribution is -2.36. The normalized spacial score (nSPS) is 19.1. The summed E-state index contributed by atoms with van der Waals surface area (Å²) in [7, 11) is 1.61. The van der Waals surface area contributed by atoms with Gasteiger partial charge in [-0.05, 0) is 47.0 Å². The fourth-order valence-electron chi connectivity index (χ4n) is 2.23. The Bertz CT molecular complexity index is 451. The summed E-state index contributed by atoms with van der Waals surface area (Å²) < 4.78 is 5.98. The number of amides is 1. The zero-order valence-electron chi connectivity index (χ0n) is 10.2. The van der Waals surface area contributed by atoms with Crippen molar-refractivity contribution in [2.75, 3.05) is 19.0 Å². The third-order valence-electron chi connectivity index (χ3n) is 3.21. The third-order valence-corrected chi connectivity index (χ3v) is 4.58. The van der Waals surface area contributed by atoms with Gasteiger partial charge in [-0.15, -0.1) is 0 Å². The monoisotopic (exact) mass is 375 g/mol. The van der Waals surface area contributed by atoms with E-state index in [0.717, 1.165) is 34.9 Å². The van der Waals surface area contributed by atoms with Crippen LogP contribution in [0.25, 0.3) is 0 Å². The number of hydrogen-bond donors (Lipinski definition) is 0.